The standard InChI is InChI=1S/C14H11ClN2O4S.ClH/c1-8-4-3-5-9-6-10-13(16-12(8)9)11(22(15,19)20)7-17(21-2)14(10)18;/h3-7H,1-2H3;1H. The van der Waals surface area contributed by atoms with Gasteiger partial charge in [0.05, 0.1) is 22.6 Å². The van der Waals surface area contributed by atoms with Gasteiger partial charge in [0, 0.05) is 16.1 Å². The number of pyridine rings is 2. The fourth-order valence-corrected chi connectivity index (χ4v) is 3.30. The smallest absolute Gasteiger partial charge is 0.292 e. The molecule has 0 unspecified atom stereocenters. The number of aryl methyl sites for hydroxylation is 1. The number of aromatic nitrogens is 2. The van der Waals surface area contributed by atoms with Gasteiger partial charge in [0.2, 0.25) is 0 Å². The molecule has 1 aromatic carbocycles. The molecular formula is C14H12Cl2N2O4S. The van der Waals surface area contributed by atoms with Crippen molar-refractivity contribution in [1.82, 2.24) is 9.71 Å². The number of benzene rings is 1. The predicted molar refractivity (Wildman–Crippen MR) is 91.0 cm³/mol. The van der Waals surface area contributed by atoms with Crippen LogP contribution < -0.4 is 10.4 Å². The lowest BCUT2D eigenvalue weighted by atomic mass is 10.1. The van der Waals surface area contributed by atoms with E-state index in [9.17, 15) is 13.2 Å². The van der Waals surface area contributed by atoms with Crippen LogP contribution in [0.3, 0.4) is 0 Å². The first-order valence-electron chi connectivity index (χ1n) is 6.28. The maximum atomic E-state index is 12.3. The molecule has 0 N–H and O–H groups in total. The molecule has 0 amide bonds. The first kappa shape index (κ1) is 17.5. The minimum atomic E-state index is -4.09. The van der Waals surface area contributed by atoms with Crippen LogP contribution in [0.2, 0.25) is 0 Å². The zero-order valence-electron chi connectivity index (χ0n) is 12.1. The van der Waals surface area contributed by atoms with E-state index in [1.807, 2.05) is 19.1 Å². The van der Waals surface area contributed by atoms with Gasteiger partial charge in [-0.2, -0.15) is 4.73 Å². The molecule has 9 heteroatoms. The van der Waals surface area contributed by atoms with E-state index < -0.39 is 14.6 Å². The van der Waals surface area contributed by atoms with Gasteiger partial charge in [0.15, 0.2) is 0 Å². The van der Waals surface area contributed by atoms with E-state index in [4.69, 9.17) is 15.5 Å². The number of hydrogen-bond acceptors (Lipinski definition) is 5. The number of hydrogen-bond donors (Lipinski definition) is 0. The number of fused-ring (bicyclic) bond motifs is 2. The molecule has 0 atom stereocenters. The normalized spacial score (nSPS) is 11.4. The van der Waals surface area contributed by atoms with E-state index in [0.29, 0.717) is 5.52 Å². The number of para-hydroxylation sites is 1. The molecule has 0 radical (unpaired) electrons. The molecule has 0 aliphatic heterocycles. The van der Waals surface area contributed by atoms with Crippen molar-refractivity contribution < 1.29 is 13.3 Å². The topological polar surface area (TPSA) is 78.3 Å². The summed E-state index contributed by atoms with van der Waals surface area (Å²) in [5, 5.41) is 0.859. The molecular weight excluding hydrogens is 363 g/mol. The maximum Gasteiger partial charge on any atom is 0.292 e. The van der Waals surface area contributed by atoms with Crippen LogP contribution in [0.15, 0.2) is 40.2 Å². The maximum absolute atomic E-state index is 12.3. The van der Waals surface area contributed by atoms with Crippen LogP contribution in [0.5, 0.6) is 0 Å². The Balaban J connectivity index is 0.00000192. The molecule has 6 nitrogen and oxygen atoms in total. The van der Waals surface area contributed by atoms with Crippen LogP contribution in [-0.2, 0) is 9.05 Å². The predicted octanol–water partition coefficient (Wildman–Crippen LogP) is 2.27. The van der Waals surface area contributed by atoms with Crippen LogP contribution in [0.1, 0.15) is 5.56 Å². The van der Waals surface area contributed by atoms with Crippen molar-refractivity contribution in [2.24, 2.45) is 0 Å². The summed E-state index contributed by atoms with van der Waals surface area (Å²) in [4.78, 5) is 21.3. The molecule has 3 rings (SSSR count). The molecule has 23 heavy (non-hydrogen) atoms. The molecule has 0 fully saturated rings. The molecule has 0 saturated carbocycles. The summed E-state index contributed by atoms with van der Waals surface area (Å²) in [5.41, 5.74) is 1.02. The lowest BCUT2D eigenvalue weighted by molar-refractivity contribution is 0.156. The van der Waals surface area contributed by atoms with E-state index in [-0.39, 0.29) is 28.2 Å². The summed E-state index contributed by atoms with van der Waals surface area (Å²) < 4.78 is 24.4. The summed E-state index contributed by atoms with van der Waals surface area (Å²) in [6.07, 6.45) is 1.03. The highest BCUT2D eigenvalue weighted by atomic mass is 35.7. The van der Waals surface area contributed by atoms with Crippen LogP contribution in [0, 0.1) is 6.92 Å². The van der Waals surface area contributed by atoms with Crippen LogP contribution in [-0.4, -0.2) is 25.2 Å². The van der Waals surface area contributed by atoms with Gasteiger partial charge in [-0.25, -0.2) is 13.4 Å². The van der Waals surface area contributed by atoms with E-state index in [1.54, 1.807) is 12.1 Å². The average Bonchev–Trinajstić information content (AvgIpc) is 2.46. The second-order valence-corrected chi connectivity index (χ2v) is 7.31. The monoisotopic (exact) mass is 374 g/mol. The van der Waals surface area contributed by atoms with Crippen LogP contribution in [0.4, 0.5) is 0 Å². The minimum Gasteiger partial charge on any atom is -0.414 e. The lowest BCUT2D eigenvalue weighted by Crippen LogP contribution is -2.25. The van der Waals surface area contributed by atoms with Crippen molar-refractivity contribution in [3.05, 3.63) is 46.4 Å². The highest BCUT2D eigenvalue weighted by molar-refractivity contribution is 8.14. The molecule has 3 aromatic rings. The Kier molecular flexibility index (Phi) is 4.57. The van der Waals surface area contributed by atoms with Gasteiger partial charge in [0.25, 0.3) is 14.6 Å². The number of halogens is 2. The molecule has 0 aliphatic carbocycles. The molecule has 2 aromatic heterocycles. The molecule has 0 spiro atoms. The van der Waals surface area contributed by atoms with Gasteiger partial charge in [-0.3, -0.25) is 4.79 Å². The summed E-state index contributed by atoms with van der Waals surface area (Å²) in [5.74, 6) is 0. The zero-order valence-corrected chi connectivity index (χ0v) is 14.5. The largest absolute Gasteiger partial charge is 0.414 e. The number of rotatable bonds is 2. The second kappa shape index (κ2) is 5.99. The Hall–Kier alpha value is -1.83. The van der Waals surface area contributed by atoms with Crippen molar-refractivity contribution in [2.45, 2.75) is 11.8 Å². The highest BCUT2D eigenvalue weighted by Crippen LogP contribution is 2.26. The van der Waals surface area contributed by atoms with Crippen molar-refractivity contribution in [2.75, 3.05) is 7.11 Å². The van der Waals surface area contributed by atoms with E-state index >= 15 is 0 Å². The molecule has 0 bridgehead atoms. The molecule has 2 heterocycles. The van der Waals surface area contributed by atoms with Gasteiger partial charge in [-0.05, 0) is 18.6 Å². The summed E-state index contributed by atoms with van der Waals surface area (Å²) >= 11 is 0. The molecule has 122 valence electrons. The fourth-order valence-electron chi connectivity index (χ4n) is 2.36. The Morgan fingerprint density at radius 3 is 2.57 bits per heavy atom. The van der Waals surface area contributed by atoms with Crippen LogP contribution >= 0.6 is 23.1 Å². The van der Waals surface area contributed by atoms with Gasteiger partial charge in [-0.1, -0.05) is 18.2 Å². The highest BCUT2D eigenvalue weighted by Gasteiger charge is 2.21. The Labute approximate surface area is 142 Å². The van der Waals surface area contributed by atoms with Gasteiger partial charge in [0.1, 0.15) is 12.0 Å². The molecule has 0 saturated heterocycles. The third kappa shape index (κ3) is 2.87. The van der Waals surface area contributed by atoms with Crippen molar-refractivity contribution >= 4 is 53.9 Å². The van der Waals surface area contributed by atoms with E-state index in [0.717, 1.165) is 21.9 Å². The minimum absolute atomic E-state index is 0. The number of nitrogens with zero attached hydrogens (tertiary/aromatic N) is 2. The summed E-state index contributed by atoms with van der Waals surface area (Å²) in [7, 11) is 2.64. The van der Waals surface area contributed by atoms with Gasteiger partial charge >= 0.3 is 0 Å². The third-order valence-electron chi connectivity index (χ3n) is 3.41. The van der Waals surface area contributed by atoms with Crippen molar-refractivity contribution in [1.29, 1.82) is 0 Å². The van der Waals surface area contributed by atoms with E-state index in [1.165, 1.54) is 7.11 Å². The van der Waals surface area contributed by atoms with Crippen LogP contribution in [0.25, 0.3) is 21.8 Å². The van der Waals surface area contributed by atoms with Gasteiger partial charge in [-0.15, -0.1) is 12.4 Å². The van der Waals surface area contributed by atoms with Crippen molar-refractivity contribution in [3.63, 3.8) is 0 Å². The summed E-state index contributed by atoms with van der Waals surface area (Å²) in [6.45, 7) is 1.85. The Morgan fingerprint density at radius 1 is 1.26 bits per heavy atom. The Morgan fingerprint density at radius 2 is 1.96 bits per heavy atom. The zero-order chi connectivity index (χ0) is 16.1. The lowest BCUT2D eigenvalue weighted by Gasteiger charge is -2.10. The summed E-state index contributed by atoms with van der Waals surface area (Å²) in [6, 6.07) is 7.08. The fraction of sp³-hybridized carbons (Fsp3) is 0.143. The Bertz CT molecular complexity index is 1080. The SMILES string of the molecule is COn1cc(S(=O)(=O)Cl)c2nc3c(C)cccc3cc2c1=O.Cl. The molecule has 0 aliphatic rings. The second-order valence-electron chi connectivity index (χ2n) is 4.78. The quantitative estimate of drug-likeness (QED) is 0.507. The van der Waals surface area contributed by atoms with E-state index in [2.05, 4.69) is 4.98 Å². The van der Waals surface area contributed by atoms with Crippen molar-refractivity contribution in [3.8, 4) is 0 Å². The first-order valence-corrected chi connectivity index (χ1v) is 8.59. The first-order chi connectivity index (χ1) is 10.3. The third-order valence-corrected chi connectivity index (χ3v) is 4.73. The van der Waals surface area contributed by atoms with Gasteiger partial charge < -0.3 is 4.84 Å². The average molecular weight is 375 g/mol.